The number of allylic oxidation sites excluding steroid dienone is 17. The first-order valence-corrected chi connectivity index (χ1v) is 7.96. The van der Waals surface area contributed by atoms with Gasteiger partial charge >= 0.3 is 0 Å². The van der Waals surface area contributed by atoms with Crippen molar-refractivity contribution in [1.82, 2.24) is 0 Å². The van der Waals surface area contributed by atoms with Crippen molar-refractivity contribution in [3.8, 4) is 0 Å². The van der Waals surface area contributed by atoms with E-state index in [0.29, 0.717) is 0 Å². The third kappa shape index (κ3) is 13.1. The van der Waals surface area contributed by atoms with Crippen LogP contribution >= 0.6 is 0 Å². The molecule has 0 nitrogen and oxygen atoms in total. The maximum absolute atomic E-state index is 3.73. The molecule has 0 saturated carbocycles. The first-order valence-electron chi connectivity index (χ1n) is 7.96. The van der Waals surface area contributed by atoms with E-state index in [1.807, 2.05) is 38.2 Å². The largest absolute Gasteiger partial charge is 0.0988 e. The standard InChI is InChI=1S/C23H30/c1-7-13-21(4)17-12-19-23(6)15-10-9-14-22(5)18-11-16-20(3)8-2/h7-19H,2H2,1,3-6H3. The molecule has 0 unspecified atom stereocenters. The Morgan fingerprint density at radius 3 is 1.39 bits per heavy atom. The van der Waals surface area contributed by atoms with E-state index in [2.05, 4.69) is 82.0 Å². The van der Waals surface area contributed by atoms with Crippen LogP contribution in [0.15, 0.2) is 108 Å². The van der Waals surface area contributed by atoms with Gasteiger partial charge in [-0.3, -0.25) is 0 Å². The van der Waals surface area contributed by atoms with Crippen molar-refractivity contribution in [2.24, 2.45) is 0 Å². The Labute approximate surface area is 143 Å². The molecule has 0 heteroatoms. The van der Waals surface area contributed by atoms with Crippen LogP contribution in [-0.2, 0) is 0 Å². The molecular formula is C23H30. The van der Waals surface area contributed by atoms with Gasteiger partial charge in [-0.05, 0) is 34.6 Å². The lowest BCUT2D eigenvalue weighted by molar-refractivity contribution is 1.48. The predicted octanol–water partition coefficient (Wildman–Crippen LogP) is 7.20. The molecule has 0 heterocycles. The fraction of sp³-hybridized carbons (Fsp3) is 0.217. The summed E-state index contributed by atoms with van der Waals surface area (Å²) in [4.78, 5) is 0. The maximum atomic E-state index is 3.73. The van der Waals surface area contributed by atoms with E-state index in [4.69, 9.17) is 0 Å². The Morgan fingerprint density at radius 2 is 0.957 bits per heavy atom. The van der Waals surface area contributed by atoms with Crippen LogP contribution in [0, 0.1) is 0 Å². The van der Waals surface area contributed by atoms with Gasteiger partial charge in [0, 0.05) is 0 Å². The first-order chi connectivity index (χ1) is 11.0. The number of hydrogen-bond acceptors (Lipinski definition) is 0. The molecule has 122 valence electrons. The highest BCUT2D eigenvalue weighted by Gasteiger charge is 1.80. The lowest BCUT2D eigenvalue weighted by Crippen LogP contribution is -1.69. The van der Waals surface area contributed by atoms with E-state index < -0.39 is 0 Å². The Hall–Kier alpha value is -2.34. The summed E-state index contributed by atoms with van der Waals surface area (Å²) in [5, 5.41) is 0. The first kappa shape index (κ1) is 20.7. The van der Waals surface area contributed by atoms with Crippen LogP contribution in [0.4, 0.5) is 0 Å². The van der Waals surface area contributed by atoms with Gasteiger partial charge in [0.05, 0.1) is 0 Å². The van der Waals surface area contributed by atoms with E-state index in [1.165, 1.54) is 16.7 Å². The number of rotatable bonds is 8. The summed E-state index contributed by atoms with van der Waals surface area (Å²) in [7, 11) is 0. The average molecular weight is 306 g/mol. The minimum absolute atomic E-state index is 1.16. The van der Waals surface area contributed by atoms with Gasteiger partial charge in [-0.25, -0.2) is 0 Å². The van der Waals surface area contributed by atoms with E-state index in [0.717, 1.165) is 5.57 Å². The summed E-state index contributed by atoms with van der Waals surface area (Å²) in [6.07, 6.45) is 26.8. The molecule has 0 atom stereocenters. The van der Waals surface area contributed by atoms with Crippen molar-refractivity contribution >= 4 is 0 Å². The van der Waals surface area contributed by atoms with Crippen LogP contribution in [0.2, 0.25) is 0 Å². The van der Waals surface area contributed by atoms with Gasteiger partial charge in [-0.2, -0.15) is 0 Å². The molecule has 0 N–H and O–H groups in total. The smallest absolute Gasteiger partial charge is 0.0398 e. The average Bonchev–Trinajstić information content (AvgIpc) is 2.51. The van der Waals surface area contributed by atoms with Gasteiger partial charge in [0.1, 0.15) is 0 Å². The molecule has 0 aromatic heterocycles. The molecule has 0 bridgehead atoms. The molecule has 0 aliphatic rings. The van der Waals surface area contributed by atoms with Gasteiger partial charge < -0.3 is 0 Å². The topological polar surface area (TPSA) is 0 Å². The second-order valence-electron chi connectivity index (χ2n) is 5.45. The predicted molar refractivity (Wildman–Crippen MR) is 107 cm³/mol. The maximum Gasteiger partial charge on any atom is -0.0398 e. The number of hydrogen-bond donors (Lipinski definition) is 0. The van der Waals surface area contributed by atoms with Gasteiger partial charge in [-0.15, -0.1) is 0 Å². The van der Waals surface area contributed by atoms with E-state index in [9.17, 15) is 0 Å². The molecule has 0 fully saturated rings. The van der Waals surface area contributed by atoms with Crippen molar-refractivity contribution in [2.45, 2.75) is 34.6 Å². The van der Waals surface area contributed by atoms with Crippen molar-refractivity contribution in [3.63, 3.8) is 0 Å². The zero-order chi connectivity index (χ0) is 17.5. The fourth-order valence-electron chi connectivity index (χ4n) is 1.62. The molecule has 0 rings (SSSR count). The Kier molecular flexibility index (Phi) is 12.0. The molecule has 0 aliphatic carbocycles. The van der Waals surface area contributed by atoms with Crippen LogP contribution in [-0.4, -0.2) is 0 Å². The Balaban J connectivity index is 4.55. The van der Waals surface area contributed by atoms with Crippen molar-refractivity contribution < 1.29 is 0 Å². The summed E-state index contributed by atoms with van der Waals surface area (Å²) in [6.45, 7) is 14.1. The highest BCUT2D eigenvalue weighted by atomic mass is 13.9. The van der Waals surface area contributed by atoms with Crippen LogP contribution in [0.25, 0.3) is 0 Å². The van der Waals surface area contributed by atoms with Crippen molar-refractivity contribution in [3.05, 3.63) is 108 Å². The summed E-state index contributed by atoms with van der Waals surface area (Å²) in [5.41, 5.74) is 4.84. The summed E-state index contributed by atoms with van der Waals surface area (Å²) < 4.78 is 0. The Bertz CT molecular complexity index is 594. The summed E-state index contributed by atoms with van der Waals surface area (Å²) >= 11 is 0. The molecule has 0 radical (unpaired) electrons. The van der Waals surface area contributed by atoms with E-state index in [1.54, 1.807) is 0 Å². The molecule has 0 amide bonds. The SMILES string of the molecule is C=CC(C)=CC=CC(C)=CC=CC=C(C)C=CC=C(C)C=CC. The molecule has 23 heavy (non-hydrogen) atoms. The van der Waals surface area contributed by atoms with Gasteiger partial charge in [0.25, 0.3) is 0 Å². The van der Waals surface area contributed by atoms with Crippen LogP contribution in [0.5, 0.6) is 0 Å². The molecule has 0 saturated heterocycles. The zero-order valence-electron chi connectivity index (χ0n) is 15.2. The van der Waals surface area contributed by atoms with Crippen LogP contribution in [0.1, 0.15) is 34.6 Å². The minimum atomic E-state index is 1.16. The Morgan fingerprint density at radius 1 is 0.565 bits per heavy atom. The molecular weight excluding hydrogens is 276 g/mol. The van der Waals surface area contributed by atoms with Crippen molar-refractivity contribution in [1.29, 1.82) is 0 Å². The second-order valence-corrected chi connectivity index (χ2v) is 5.45. The highest BCUT2D eigenvalue weighted by molar-refractivity contribution is 5.31. The third-order valence-corrected chi connectivity index (χ3v) is 3.02. The lowest BCUT2D eigenvalue weighted by atomic mass is 10.2. The van der Waals surface area contributed by atoms with E-state index >= 15 is 0 Å². The second kappa shape index (κ2) is 13.3. The molecule has 0 spiro atoms. The van der Waals surface area contributed by atoms with Crippen LogP contribution < -0.4 is 0 Å². The highest BCUT2D eigenvalue weighted by Crippen LogP contribution is 2.01. The quantitative estimate of drug-likeness (QED) is 0.416. The monoisotopic (exact) mass is 306 g/mol. The summed E-state index contributed by atoms with van der Waals surface area (Å²) in [5.74, 6) is 0. The zero-order valence-corrected chi connectivity index (χ0v) is 15.2. The van der Waals surface area contributed by atoms with Gasteiger partial charge in [-0.1, -0.05) is 108 Å². The molecule has 0 aliphatic heterocycles. The third-order valence-electron chi connectivity index (χ3n) is 3.02. The van der Waals surface area contributed by atoms with Gasteiger partial charge in [0.2, 0.25) is 0 Å². The fourth-order valence-corrected chi connectivity index (χ4v) is 1.62. The van der Waals surface area contributed by atoms with E-state index in [-0.39, 0.29) is 0 Å². The molecule has 0 aromatic carbocycles. The van der Waals surface area contributed by atoms with Crippen molar-refractivity contribution in [2.75, 3.05) is 0 Å². The normalized spacial score (nSPS) is 15.7. The minimum Gasteiger partial charge on any atom is -0.0988 e. The van der Waals surface area contributed by atoms with Crippen LogP contribution in [0.3, 0.4) is 0 Å². The molecule has 0 aromatic rings. The van der Waals surface area contributed by atoms with Gasteiger partial charge in [0.15, 0.2) is 0 Å². The lowest BCUT2D eigenvalue weighted by Gasteiger charge is -1.90. The summed E-state index contributed by atoms with van der Waals surface area (Å²) in [6, 6.07) is 0.